The van der Waals surface area contributed by atoms with Gasteiger partial charge in [0.25, 0.3) is 0 Å². The van der Waals surface area contributed by atoms with Crippen LogP contribution < -0.4 is 10.2 Å². The first-order chi connectivity index (χ1) is 14.1. The maximum Gasteiger partial charge on any atom is 0.415 e. The first kappa shape index (κ1) is 21.2. The van der Waals surface area contributed by atoms with Gasteiger partial charge in [-0.3, -0.25) is 9.69 Å². The molecule has 0 bridgehead atoms. The van der Waals surface area contributed by atoms with E-state index in [0.717, 1.165) is 0 Å². The molecule has 0 spiro atoms. The van der Waals surface area contributed by atoms with Crippen molar-refractivity contribution in [2.24, 2.45) is 0 Å². The zero-order valence-electron chi connectivity index (χ0n) is 17.3. The number of anilines is 2. The summed E-state index contributed by atoms with van der Waals surface area (Å²) in [7, 11) is 0. The number of benzene rings is 1. The largest absolute Gasteiger partial charge is 0.443 e. The number of nitrogens with one attached hydrogen (secondary N) is 1. The van der Waals surface area contributed by atoms with Gasteiger partial charge in [0.1, 0.15) is 23.3 Å². The van der Waals surface area contributed by atoms with Crippen LogP contribution in [0.3, 0.4) is 0 Å². The Bertz CT molecular complexity index is 1040. The van der Waals surface area contributed by atoms with E-state index in [2.05, 4.69) is 10.3 Å². The van der Waals surface area contributed by atoms with Gasteiger partial charge in [-0.15, -0.1) is 0 Å². The van der Waals surface area contributed by atoms with Crippen molar-refractivity contribution >= 4 is 23.5 Å². The Kier molecular flexibility index (Phi) is 5.74. The highest BCUT2D eigenvalue weighted by Gasteiger charge is 2.42. The maximum absolute atomic E-state index is 14.6. The van der Waals surface area contributed by atoms with E-state index in [1.807, 2.05) is 6.07 Å². The Labute approximate surface area is 174 Å². The second-order valence-corrected chi connectivity index (χ2v) is 8.15. The molecule has 1 unspecified atom stereocenters. The third-order valence-electron chi connectivity index (χ3n) is 4.50. The summed E-state index contributed by atoms with van der Waals surface area (Å²) in [6.07, 6.45) is -0.602. The van der Waals surface area contributed by atoms with Crippen LogP contribution in [-0.4, -0.2) is 28.6 Å². The molecule has 1 aromatic heterocycles. The lowest BCUT2D eigenvalue weighted by atomic mass is 10.1. The van der Waals surface area contributed by atoms with Crippen molar-refractivity contribution in [3.8, 4) is 6.07 Å². The number of hydrogen-bond acceptors (Lipinski definition) is 5. The number of halogens is 1. The number of pyridine rings is 1. The number of nitrogens with zero attached hydrogens (tertiary/aromatic N) is 3. The molecule has 0 radical (unpaired) electrons. The summed E-state index contributed by atoms with van der Waals surface area (Å²) in [5.41, 5.74) is 0.976. The van der Waals surface area contributed by atoms with Crippen LogP contribution in [0, 0.1) is 24.1 Å². The summed E-state index contributed by atoms with van der Waals surface area (Å²) in [5, 5.41) is 11.5. The van der Waals surface area contributed by atoms with E-state index in [9.17, 15) is 14.0 Å². The lowest BCUT2D eigenvalue weighted by molar-refractivity contribution is -0.117. The van der Waals surface area contributed by atoms with Crippen LogP contribution in [0.1, 0.15) is 37.6 Å². The highest BCUT2D eigenvalue weighted by atomic mass is 19.1. The zero-order valence-corrected chi connectivity index (χ0v) is 17.3. The van der Waals surface area contributed by atoms with Crippen molar-refractivity contribution in [2.75, 3.05) is 10.2 Å². The van der Waals surface area contributed by atoms with Gasteiger partial charge in [-0.25, -0.2) is 14.2 Å². The number of aryl methyl sites for hydroxylation is 1. The lowest BCUT2D eigenvalue weighted by Crippen LogP contribution is -2.47. The predicted molar refractivity (Wildman–Crippen MR) is 110 cm³/mol. The maximum atomic E-state index is 14.6. The molecule has 2 aromatic rings. The van der Waals surface area contributed by atoms with E-state index in [0.29, 0.717) is 16.9 Å². The topological polar surface area (TPSA) is 95.3 Å². The molecular weight excluding hydrogens is 387 g/mol. The highest BCUT2D eigenvalue weighted by molar-refractivity contribution is 6.05. The molecule has 1 aliphatic rings. The number of aromatic nitrogens is 1. The monoisotopic (exact) mass is 410 g/mol. The lowest BCUT2D eigenvalue weighted by Gasteiger charge is -2.28. The Morgan fingerprint density at radius 1 is 1.37 bits per heavy atom. The summed E-state index contributed by atoms with van der Waals surface area (Å²) < 4.78 is 20.0. The fourth-order valence-electron chi connectivity index (χ4n) is 3.31. The van der Waals surface area contributed by atoms with E-state index < -0.39 is 29.5 Å². The van der Waals surface area contributed by atoms with E-state index in [-0.39, 0.29) is 24.2 Å². The van der Waals surface area contributed by atoms with E-state index >= 15 is 0 Å². The summed E-state index contributed by atoms with van der Waals surface area (Å²) in [4.78, 5) is 31.4. The predicted octanol–water partition coefficient (Wildman–Crippen LogP) is 3.90. The average Bonchev–Trinajstić information content (AvgIpc) is 3.01. The first-order valence-corrected chi connectivity index (χ1v) is 9.54. The minimum atomic E-state index is -0.993. The third-order valence-corrected chi connectivity index (χ3v) is 4.50. The average molecular weight is 410 g/mol. The van der Waals surface area contributed by atoms with Crippen LogP contribution in [0.25, 0.3) is 0 Å². The van der Waals surface area contributed by atoms with Crippen molar-refractivity contribution in [1.82, 2.24) is 4.98 Å². The van der Waals surface area contributed by atoms with Crippen molar-refractivity contribution in [3.63, 3.8) is 0 Å². The summed E-state index contributed by atoms with van der Waals surface area (Å²) in [6.45, 7) is 6.88. The van der Waals surface area contributed by atoms with E-state index in [1.54, 1.807) is 52.0 Å². The summed E-state index contributed by atoms with van der Waals surface area (Å²) in [5.74, 6) is -0.733. The smallest absolute Gasteiger partial charge is 0.415 e. The van der Waals surface area contributed by atoms with Crippen LogP contribution in [0.2, 0.25) is 0 Å². The zero-order chi connectivity index (χ0) is 22.1. The number of ether oxygens (including phenoxy) is 1. The molecule has 2 heterocycles. The number of hydrogen-bond donors (Lipinski definition) is 1. The van der Waals surface area contributed by atoms with Gasteiger partial charge in [0, 0.05) is 12.0 Å². The summed E-state index contributed by atoms with van der Waals surface area (Å²) >= 11 is 0. The molecule has 1 atom stereocenters. The number of fused-ring (bicyclic) bond motifs is 1. The molecule has 7 nitrogen and oxygen atoms in total. The van der Waals surface area contributed by atoms with Crippen molar-refractivity contribution in [1.29, 1.82) is 5.26 Å². The highest BCUT2D eigenvalue weighted by Crippen LogP contribution is 2.36. The summed E-state index contributed by atoms with van der Waals surface area (Å²) in [6, 6.07) is 8.99. The minimum absolute atomic E-state index is 0.0183. The fourth-order valence-corrected chi connectivity index (χ4v) is 3.31. The molecule has 2 amide bonds. The molecule has 156 valence electrons. The van der Waals surface area contributed by atoms with Gasteiger partial charge in [-0.2, -0.15) is 5.26 Å². The van der Waals surface area contributed by atoms with Crippen LogP contribution in [-0.2, 0) is 22.4 Å². The van der Waals surface area contributed by atoms with Gasteiger partial charge in [0.05, 0.1) is 23.9 Å². The molecule has 0 aliphatic carbocycles. The molecule has 8 heteroatoms. The molecular formula is C22H23FN4O3. The number of carbonyl (C=O) groups is 2. The van der Waals surface area contributed by atoms with Gasteiger partial charge in [-0.1, -0.05) is 6.07 Å². The molecule has 30 heavy (non-hydrogen) atoms. The van der Waals surface area contributed by atoms with Crippen molar-refractivity contribution < 1.29 is 18.7 Å². The third kappa shape index (κ3) is 4.57. The van der Waals surface area contributed by atoms with Gasteiger partial charge in [0.2, 0.25) is 5.91 Å². The number of rotatable bonds is 3. The van der Waals surface area contributed by atoms with Gasteiger partial charge < -0.3 is 10.1 Å². The SMILES string of the molecule is Cc1cc(F)c2c(c1)N(C(=O)OC(C)(C)C)C(C(=O)Nc1cccc(CC#N)n1)C2. The number of nitriles is 1. The Morgan fingerprint density at radius 2 is 2.10 bits per heavy atom. The molecule has 1 aliphatic heterocycles. The molecule has 0 saturated carbocycles. The van der Waals surface area contributed by atoms with Gasteiger partial charge in [0.15, 0.2) is 0 Å². The first-order valence-electron chi connectivity index (χ1n) is 9.54. The molecule has 1 N–H and O–H groups in total. The van der Waals surface area contributed by atoms with E-state index in [4.69, 9.17) is 10.00 Å². The normalized spacial score (nSPS) is 15.3. The standard InChI is InChI=1S/C22H23FN4O3/c1-13-10-16(23)15-12-18(27(17(15)11-13)21(29)30-22(2,3)4)20(28)26-19-7-5-6-14(25-19)8-9-24/h5-7,10-11,18H,8,12H2,1-4H3,(H,25,26,28). The second-order valence-electron chi connectivity index (χ2n) is 8.15. The molecule has 1 aromatic carbocycles. The van der Waals surface area contributed by atoms with Crippen molar-refractivity contribution in [2.45, 2.75) is 52.2 Å². The number of carbonyl (C=O) groups excluding carboxylic acids is 2. The van der Waals surface area contributed by atoms with Gasteiger partial charge in [-0.05, 0) is 57.5 Å². The van der Waals surface area contributed by atoms with Crippen LogP contribution in [0.5, 0.6) is 0 Å². The molecule has 0 saturated heterocycles. The van der Waals surface area contributed by atoms with Crippen LogP contribution in [0.4, 0.5) is 20.7 Å². The quantitative estimate of drug-likeness (QED) is 0.828. The van der Waals surface area contributed by atoms with Crippen LogP contribution in [0.15, 0.2) is 30.3 Å². The Balaban J connectivity index is 1.93. The molecule has 3 rings (SSSR count). The Morgan fingerprint density at radius 3 is 2.77 bits per heavy atom. The number of amides is 2. The fraction of sp³-hybridized carbons (Fsp3) is 0.364. The van der Waals surface area contributed by atoms with Crippen molar-refractivity contribution in [3.05, 3.63) is 53.0 Å². The second kappa shape index (κ2) is 8.11. The Hall–Kier alpha value is -3.47. The molecule has 0 fully saturated rings. The minimum Gasteiger partial charge on any atom is -0.443 e. The van der Waals surface area contributed by atoms with Crippen LogP contribution >= 0.6 is 0 Å². The van der Waals surface area contributed by atoms with Gasteiger partial charge >= 0.3 is 6.09 Å². The van der Waals surface area contributed by atoms with E-state index in [1.165, 1.54) is 11.0 Å².